The second kappa shape index (κ2) is 4.00. The van der Waals surface area contributed by atoms with Crippen LogP contribution in [0.3, 0.4) is 0 Å². The van der Waals surface area contributed by atoms with Gasteiger partial charge in [0.05, 0.1) is 0 Å². The molecule has 1 fully saturated rings. The van der Waals surface area contributed by atoms with Crippen molar-refractivity contribution in [2.24, 2.45) is 11.3 Å². The smallest absolute Gasteiger partial charge is 0.123 e. The van der Waals surface area contributed by atoms with Crippen molar-refractivity contribution in [3.8, 4) is 5.75 Å². The zero-order valence-electron chi connectivity index (χ0n) is 11.4. The summed E-state index contributed by atoms with van der Waals surface area (Å²) in [6, 6.07) is 8.52. The van der Waals surface area contributed by atoms with Gasteiger partial charge in [-0.2, -0.15) is 0 Å². The Hall–Kier alpha value is -0.500. The molecule has 98 valence electrons. The van der Waals surface area contributed by atoms with Crippen molar-refractivity contribution in [2.45, 2.75) is 50.5 Å². The Bertz CT molecular complexity index is 468. The van der Waals surface area contributed by atoms with Crippen molar-refractivity contribution in [1.29, 1.82) is 0 Å². The van der Waals surface area contributed by atoms with E-state index in [-0.39, 0.29) is 11.0 Å². The fraction of sp³-hybridized carbons (Fsp3) is 0.625. The first-order chi connectivity index (χ1) is 8.43. The summed E-state index contributed by atoms with van der Waals surface area (Å²) in [6.07, 6.45) is 3.48. The van der Waals surface area contributed by atoms with E-state index in [4.69, 9.17) is 4.74 Å². The fourth-order valence-corrected chi connectivity index (χ4v) is 4.36. The van der Waals surface area contributed by atoms with Gasteiger partial charge in [-0.25, -0.2) is 0 Å². The highest BCUT2D eigenvalue weighted by molar-refractivity contribution is 9.09. The standard InChI is InChI=1S/C16H21BrO/c1-15(2)13-10-11-6-4-5-7-12(11)18-16(13,3)9-8-14(15)17/h4-7,13-14H,8-10H2,1-3H3/t13-,14?,16?/m1/s1. The number of hydrogen-bond donors (Lipinski definition) is 0. The summed E-state index contributed by atoms with van der Waals surface area (Å²) in [5, 5.41) is 0. The summed E-state index contributed by atoms with van der Waals surface area (Å²) in [5.41, 5.74) is 1.65. The van der Waals surface area contributed by atoms with Gasteiger partial charge >= 0.3 is 0 Å². The lowest BCUT2D eigenvalue weighted by Crippen LogP contribution is -2.57. The molecule has 1 saturated carbocycles. The molecule has 0 N–H and O–H groups in total. The topological polar surface area (TPSA) is 9.23 Å². The van der Waals surface area contributed by atoms with Gasteiger partial charge in [0.25, 0.3) is 0 Å². The van der Waals surface area contributed by atoms with E-state index < -0.39 is 0 Å². The molecule has 2 aliphatic rings. The number of halogens is 1. The van der Waals surface area contributed by atoms with E-state index in [1.54, 1.807) is 0 Å². The molecule has 0 radical (unpaired) electrons. The van der Waals surface area contributed by atoms with Crippen LogP contribution in [0, 0.1) is 11.3 Å². The van der Waals surface area contributed by atoms with Crippen molar-refractivity contribution in [2.75, 3.05) is 0 Å². The molecule has 1 heterocycles. The maximum Gasteiger partial charge on any atom is 0.123 e. The molecule has 2 heteroatoms. The first-order valence-electron chi connectivity index (χ1n) is 6.84. The summed E-state index contributed by atoms with van der Waals surface area (Å²) in [5.74, 6) is 1.68. The Balaban J connectivity index is 2.04. The Morgan fingerprint density at radius 2 is 1.94 bits per heavy atom. The summed E-state index contributed by atoms with van der Waals surface area (Å²) in [7, 11) is 0. The molecule has 0 aromatic heterocycles. The third kappa shape index (κ3) is 1.72. The Morgan fingerprint density at radius 3 is 2.72 bits per heavy atom. The first-order valence-corrected chi connectivity index (χ1v) is 7.76. The van der Waals surface area contributed by atoms with Crippen LogP contribution in [0.2, 0.25) is 0 Å². The van der Waals surface area contributed by atoms with Gasteiger partial charge in [-0.15, -0.1) is 0 Å². The third-order valence-electron chi connectivity index (χ3n) is 5.08. The van der Waals surface area contributed by atoms with Gasteiger partial charge in [0.15, 0.2) is 0 Å². The summed E-state index contributed by atoms with van der Waals surface area (Å²) in [6.45, 7) is 7.06. The lowest BCUT2D eigenvalue weighted by molar-refractivity contribution is -0.0772. The van der Waals surface area contributed by atoms with Crippen molar-refractivity contribution >= 4 is 15.9 Å². The molecule has 0 bridgehead atoms. The van der Waals surface area contributed by atoms with Crippen molar-refractivity contribution in [3.05, 3.63) is 29.8 Å². The van der Waals surface area contributed by atoms with Crippen LogP contribution in [0.25, 0.3) is 0 Å². The van der Waals surface area contributed by atoms with E-state index >= 15 is 0 Å². The lowest BCUT2D eigenvalue weighted by atomic mass is 9.59. The number of fused-ring (bicyclic) bond motifs is 2. The second-order valence-electron chi connectivity index (χ2n) is 6.61. The molecule has 2 unspecified atom stereocenters. The van der Waals surface area contributed by atoms with E-state index in [1.165, 1.54) is 12.0 Å². The van der Waals surface area contributed by atoms with Gasteiger partial charge in [0, 0.05) is 10.7 Å². The Labute approximate surface area is 118 Å². The van der Waals surface area contributed by atoms with Gasteiger partial charge in [0.1, 0.15) is 11.4 Å². The maximum atomic E-state index is 6.39. The zero-order valence-corrected chi connectivity index (χ0v) is 13.0. The van der Waals surface area contributed by atoms with Crippen LogP contribution < -0.4 is 4.74 Å². The van der Waals surface area contributed by atoms with Crippen LogP contribution in [-0.4, -0.2) is 10.4 Å². The number of hydrogen-bond acceptors (Lipinski definition) is 1. The minimum Gasteiger partial charge on any atom is -0.487 e. The number of ether oxygens (including phenoxy) is 1. The number of rotatable bonds is 0. The van der Waals surface area contributed by atoms with E-state index in [1.807, 2.05) is 0 Å². The maximum absolute atomic E-state index is 6.39. The van der Waals surface area contributed by atoms with Gasteiger partial charge < -0.3 is 4.74 Å². The molecule has 1 aromatic carbocycles. The number of alkyl halides is 1. The largest absolute Gasteiger partial charge is 0.487 e. The van der Waals surface area contributed by atoms with Crippen LogP contribution in [-0.2, 0) is 6.42 Å². The molecular formula is C16H21BrO. The molecule has 0 saturated heterocycles. The normalized spacial score (nSPS) is 37.3. The molecule has 1 aliphatic heterocycles. The molecule has 3 atom stereocenters. The minimum atomic E-state index is 0.00211. The monoisotopic (exact) mass is 308 g/mol. The first kappa shape index (κ1) is 12.5. The average Bonchev–Trinajstić information content (AvgIpc) is 2.33. The quantitative estimate of drug-likeness (QED) is 0.637. The van der Waals surface area contributed by atoms with Crippen LogP contribution in [0.4, 0.5) is 0 Å². The van der Waals surface area contributed by atoms with E-state index in [2.05, 4.69) is 61.0 Å². The van der Waals surface area contributed by atoms with Gasteiger partial charge in [-0.05, 0) is 43.2 Å². The predicted octanol–water partition coefficient (Wildman–Crippen LogP) is 4.58. The molecule has 18 heavy (non-hydrogen) atoms. The van der Waals surface area contributed by atoms with Crippen LogP contribution in [0.5, 0.6) is 5.75 Å². The molecule has 0 spiro atoms. The van der Waals surface area contributed by atoms with Crippen LogP contribution >= 0.6 is 15.9 Å². The van der Waals surface area contributed by atoms with Gasteiger partial charge in [0.2, 0.25) is 0 Å². The molecular weight excluding hydrogens is 288 g/mol. The van der Waals surface area contributed by atoms with E-state index in [0.717, 1.165) is 18.6 Å². The van der Waals surface area contributed by atoms with E-state index in [9.17, 15) is 0 Å². The Kier molecular flexibility index (Phi) is 2.78. The highest BCUT2D eigenvalue weighted by Gasteiger charge is 2.53. The van der Waals surface area contributed by atoms with Crippen LogP contribution in [0.15, 0.2) is 24.3 Å². The second-order valence-corrected chi connectivity index (χ2v) is 7.71. The Morgan fingerprint density at radius 1 is 1.22 bits per heavy atom. The van der Waals surface area contributed by atoms with Crippen molar-refractivity contribution in [1.82, 2.24) is 0 Å². The number of para-hydroxylation sites is 1. The third-order valence-corrected chi connectivity index (χ3v) is 6.71. The summed E-state index contributed by atoms with van der Waals surface area (Å²) >= 11 is 3.88. The van der Waals surface area contributed by atoms with Gasteiger partial charge in [-0.1, -0.05) is 48.0 Å². The molecule has 3 rings (SSSR count). The fourth-order valence-electron chi connectivity index (χ4n) is 3.81. The predicted molar refractivity (Wildman–Crippen MR) is 78.4 cm³/mol. The molecule has 1 aromatic rings. The van der Waals surface area contributed by atoms with E-state index in [0.29, 0.717) is 10.7 Å². The minimum absolute atomic E-state index is 0.00211. The highest BCUT2D eigenvalue weighted by Crippen LogP contribution is 2.54. The molecule has 0 amide bonds. The summed E-state index contributed by atoms with van der Waals surface area (Å²) in [4.78, 5) is 0.594. The average molecular weight is 309 g/mol. The van der Waals surface area contributed by atoms with Crippen molar-refractivity contribution in [3.63, 3.8) is 0 Å². The molecule has 1 nitrogen and oxygen atoms in total. The summed E-state index contributed by atoms with van der Waals surface area (Å²) < 4.78 is 6.39. The van der Waals surface area contributed by atoms with Gasteiger partial charge in [-0.3, -0.25) is 0 Å². The molecule has 1 aliphatic carbocycles. The van der Waals surface area contributed by atoms with Crippen molar-refractivity contribution < 1.29 is 4.74 Å². The highest BCUT2D eigenvalue weighted by atomic mass is 79.9. The zero-order chi connectivity index (χ0) is 13.0. The SMILES string of the molecule is CC12CCC(Br)C(C)(C)[C@H]1Cc1ccccc1O2. The number of benzene rings is 1. The lowest BCUT2D eigenvalue weighted by Gasteiger charge is -2.55. The van der Waals surface area contributed by atoms with Crippen LogP contribution in [0.1, 0.15) is 39.2 Å².